The van der Waals surface area contributed by atoms with E-state index in [4.69, 9.17) is 0 Å². The summed E-state index contributed by atoms with van der Waals surface area (Å²) in [6.45, 7) is 4.37. The summed E-state index contributed by atoms with van der Waals surface area (Å²) in [5.41, 5.74) is 3.11. The van der Waals surface area contributed by atoms with Crippen molar-refractivity contribution in [3.05, 3.63) is 59.9 Å². The second kappa shape index (κ2) is 6.82. The molecule has 0 aliphatic carbocycles. The number of carbonyl (C=O) groups excluding carboxylic acids is 1. The van der Waals surface area contributed by atoms with E-state index in [1.54, 1.807) is 6.20 Å². The molecule has 2 N–H and O–H groups in total. The maximum atomic E-state index is 11.1. The first kappa shape index (κ1) is 14.2. The van der Waals surface area contributed by atoms with Gasteiger partial charge in [-0.25, -0.2) is 0 Å². The molecular weight excluding hydrogens is 250 g/mol. The maximum absolute atomic E-state index is 11.1. The second-order valence-corrected chi connectivity index (χ2v) is 4.77. The summed E-state index contributed by atoms with van der Waals surface area (Å²) in [7, 11) is 0. The number of aromatic nitrogens is 1. The van der Waals surface area contributed by atoms with Gasteiger partial charge in [-0.2, -0.15) is 0 Å². The highest BCUT2D eigenvalue weighted by molar-refractivity contribution is 5.88. The van der Waals surface area contributed by atoms with Crippen molar-refractivity contribution in [1.29, 1.82) is 0 Å². The molecule has 4 heteroatoms. The van der Waals surface area contributed by atoms with Gasteiger partial charge in [0.15, 0.2) is 0 Å². The standard InChI is InChI=1S/C16H19N3O/c1-12(18-11-14-5-4-8-17-10-14)15-6-3-7-16(9-15)19-13(2)20/h3-10,12,18H,11H2,1-2H3,(H,19,20)/t12-/m1/s1. The Morgan fingerprint density at radius 2 is 2.15 bits per heavy atom. The fraction of sp³-hybridized carbons (Fsp3) is 0.250. The number of pyridine rings is 1. The molecule has 0 spiro atoms. The van der Waals surface area contributed by atoms with E-state index in [9.17, 15) is 4.79 Å². The molecule has 1 aromatic carbocycles. The summed E-state index contributed by atoms with van der Waals surface area (Å²) >= 11 is 0. The third-order valence-corrected chi connectivity index (χ3v) is 3.04. The van der Waals surface area contributed by atoms with Crippen molar-refractivity contribution >= 4 is 11.6 Å². The van der Waals surface area contributed by atoms with Gasteiger partial charge >= 0.3 is 0 Å². The number of carbonyl (C=O) groups is 1. The third-order valence-electron chi connectivity index (χ3n) is 3.04. The number of amides is 1. The highest BCUT2D eigenvalue weighted by Crippen LogP contribution is 2.17. The van der Waals surface area contributed by atoms with Crippen molar-refractivity contribution in [2.75, 3.05) is 5.32 Å². The van der Waals surface area contributed by atoms with Crippen LogP contribution < -0.4 is 10.6 Å². The van der Waals surface area contributed by atoms with E-state index in [2.05, 4.69) is 22.5 Å². The van der Waals surface area contributed by atoms with Crippen molar-refractivity contribution in [2.45, 2.75) is 26.4 Å². The number of rotatable bonds is 5. The lowest BCUT2D eigenvalue weighted by Gasteiger charge is -2.15. The van der Waals surface area contributed by atoms with E-state index in [1.807, 2.05) is 42.6 Å². The minimum Gasteiger partial charge on any atom is -0.326 e. The van der Waals surface area contributed by atoms with Gasteiger partial charge in [-0.05, 0) is 36.2 Å². The summed E-state index contributed by atoms with van der Waals surface area (Å²) in [6.07, 6.45) is 3.62. The minimum atomic E-state index is -0.0573. The van der Waals surface area contributed by atoms with Crippen LogP contribution in [0.1, 0.15) is 31.0 Å². The Morgan fingerprint density at radius 3 is 2.85 bits per heavy atom. The average molecular weight is 269 g/mol. The van der Waals surface area contributed by atoms with Crippen LogP contribution in [-0.4, -0.2) is 10.9 Å². The highest BCUT2D eigenvalue weighted by Gasteiger charge is 2.06. The quantitative estimate of drug-likeness (QED) is 0.877. The van der Waals surface area contributed by atoms with Gasteiger partial charge in [0.2, 0.25) is 5.91 Å². The lowest BCUT2D eigenvalue weighted by Crippen LogP contribution is -2.18. The van der Waals surface area contributed by atoms with Crippen molar-refractivity contribution in [2.24, 2.45) is 0 Å². The van der Waals surface area contributed by atoms with Crippen LogP contribution in [0, 0.1) is 0 Å². The SMILES string of the molecule is CC(=O)Nc1cccc([C@@H](C)NCc2cccnc2)c1. The number of nitrogens with zero attached hydrogens (tertiary/aromatic N) is 1. The summed E-state index contributed by atoms with van der Waals surface area (Å²) in [5, 5.41) is 6.24. The van der Waals surface area contributed by atoms with Gasteiger partial charge in [-0.1, -0.05) is 18.2 Å². The van der Waals surface area contributed by atoms with E-state index in [0.29, 0.717) is 0 Å². The third kappa shape index (κ3) is 4.17. The Bertz CT molecular complexity index is 569. The molecule has 1 atom stereocenters. The largest absolute Gasteiger partial charge is 0.326 e. The fourth-order valence-corrected chi connectivity index (χ4v) is 1.98. The number of benzene rings is 1. The molecule has 104 valence electrons. The van der Waals surface area contributed by atoms with Crippen LogP contribution in [0.2, 0.25) is 0 Å². The number of anilines is 1. The topological polar surface area (TPSA) is 54.0 Å². The maximum Gasteiger partial charge on any atom is 0.221 e. The summed E-state index contributed by atoms with van der Waals surface area (Å²) in [6, 6.07) is 12.0. The van der Waals surface area contributed by atoms with Crippen molar-refractivity contribution in [1.82, 2.24) is 10.3 Å². The molecule has 0 saturated heterocycles. The predicted octanol–water partition coefficient (Wildman–Crippen LogP) is 2.89. The highest BCUT2D eigenvalue weighted by atomic mass is 16.1. The van der Waals surface area contributed by atoms with Gasteiger partial charge in [-0.3, -0.25) is 9.78 Å². The van der Waals surface area contributed by atoms with Gasteiger partial charge in [0, 0.05) is 37.6 Å². The van der Waals surface area contributed by atoms with Crippen LogP contribution in [0.15, 0.2) is 48.8 Å². The first-order chi connectivity index (χ1) is 9.65. The smallest absolute Gasteiger partial charge is 0.221 e. The summed E-state index contributed by atoms with van der Waals surface area (Å²) in [5.74, 6) is -0.0573. The van der Waals surface area contributed by atoms with Crippen LogP contribution in [0.4, 0.5) is 5.69 Å². The molecule has 2 rings (SSSR count). The number of nitrogens with one attached hydrogen (secondary N) is 2. The Kier molecular flexibility index (Phi) is 4.85. The lowest BCUT2D eigenvalue weighted by molar-refractivity contribution is -0.114. The van der Waals surface area contributed by atoms with Crippen molar-refractivity contribution in [3.8, 4) is 0 Å². The van der Waals surface area contributed by atoms with Gasteiger partial charge in [0.05, 0.1) is 0 Å². The Labute approximate surface area is 119 Å². The second-order valence-electron chi connectivity index (χ2n) is 4.77. The van der Waals surface area contributed by atoms with Crippen LogP contribution in [-0.2, 0) is 11.3 Å². The number of hydrogen-bond donors (Lipinski definition) is 2. The minimum absolute atomic E-state index is 0.0573. The Morgan fingerprint density at radius 1 is 1.30 bits per heavy atom. The van der Waals surface area contributed by atoms with E-state index in [-0.39, 0.29) is 11.9 Å². The molecule has 20 heavy (non-hydrogen) atoms. The van der Waals surface area contributed by atoms with E-state index in [1.165, 1.54) is 6.92 Å². The molecule has 0 saturated carbocycles. The zero-order valence-electron chi connectivity index (χ0n) is 11.8. The van der Waals surface area contributed by atoms with Crippen LogP contribution in [0.5, 0.6) is 0 Å². The van der Waals surface area contributed by atoms with Crippen molar-refractivity contribution < 1.29 is 4.79 Å². The van der Waals surface area contributed by atoms with Crippen molar-refractivity contribution in [3.63, 3.8) is 0 Å². The first-order valence-corrected chi connectivity index (χ1v) is 6.65. The first-order valence-electron chi connectivity index (χ1n) is 6.65. The van der Waals surface area contributed by atoms with Gasteiger partial charge in [0.25, 0.3) is 0 Å². The Balaban J connectivity index is 1.98. The van der Waals surface area contributed by atoms with Crippen LogP contribution >= 0.6 is 0 Å². The molecule has 0 fully saturated rings. The van der Waals surface area contributed by atoms with Crippen LogP contribution in [0.25, 0.3) is 0 Å². The molecule has 1 heterocycles. The van der Waals surface area contributed by atoms with Gasteiger partial charge < -0.3 is 10.6 Å². The van der Waals surface area contributed by atoms with E-state index >= 15 is 0 Å². The zero-order chi connectivity index (χ0) is 14.4. The monoisotopic (exact) mass is 269 g/mol. The zero-order valence-corrected chi connectivity index (χ0v) is 11.8. The molecule has 2 aromatic rings. The van der Waals surface area contributed by atoms with E-state index < -0.39 is 0 Å². The molecule has 0 radical (unpaired) electrons. The fourth-order valence-electron chi connectivity index (χ4n) is 1.98. The number of hydrogen-bond acceptors (Lipinski definition) is 3. The summed E-state index contributed by atoms with van der Waals surface area (Å²) < 4.78 is 0. The molecule has 1 aromatic heterocycles. The molecule has 0 unspecified atom stereocenters. The summed E-state index contributed by atoms with van der Waals surface area (Å²) in [4.78, 5) is 15.2. The molecule has 0 aliphatic heterocycles. The molecule has 1 amide bonds. The molecule has 0 bridgehead atoms. The lowest BCUT2D eigenvalue weighted by atomic mass is 10.1. The normalized spacial score (nSPS) is 11.9. The van der Waals surface area contributed by atoms with Gasteiger partial charge in [0.1, 0.15) is 0 Å². The van der Waals surface area contributed by atoms with Crippen LogP contribution in [0.3, 0.4) is 0 Å². The molecule has 4 nitrogen and oxygen atoms in total. The average Bonchev–Trinajstić information content (AvgIpc) is 2.45. The molecule has 0 aliphatic rings. The molecular formula is C16H19N3O. The Hall–Kier alpha value is -2.20. The van der Waals surface area contributed by atoms with Gasteiger partial charge in [-0.15, -0.1) is 0 Å². The predicted molar refractivity (Wildman–Crippen MR) is 80.2 cm³/mol. The van der Waals surface area contributed by atoms with E-state index in [0.717, 1.165) is 23.4 Å².